The molecule has 1 saturated heterocycles. The highest BCUT2D eigenvalue weighted by molar-refractivity contribution is 7.16. The number of pyridine rings is 1. The van der Waals surface area contributed by atoms with Gasteiger partial charge in [0.25, 0.3) is 5.92 Å². The highest BCUT2D eigenvalue weighted by atomic mass is 35.5. The van der Waals surface area contributed by atoms with E-state index in [1.165, 1.54) is 17.4 Å². The number of aromatic nitrogens is 3. The van der Waals surface area contributed by atoms with Crippen LogP contribution in [0.3, 0.4) is 0 Å². The third-order valence-electron chi connectivity index (χ3n) is 7.03. The van der Waals surface area contributed by atoms with E-state index in [1.807, 2.05) is 48.1 Å². The number of aliphatic imine (C=N–C) groups is 1. The molecule has 1 spiro atoms. The Labute approximate surface area is 224 Å². The van der Waals surface area contributed by atoms with Gasteiger partial charge >= 0.3 is 0 Å². The highest BCUT2D eigenvalue weighted by Gasteiger charge is 2.51. The Morgan fingerprint density at radius 2 is 2.11 bits per heavy atom. The molecule has 0 bridgehead atoms. The monoisotopic (exact) mass is 546 g/mol. The second-order valence-electron chi connectivity index (χ2n) is 9.62. The van der Waals surface area contributed by atoms with E-state index in [0.717, 1.165) is 35.7 Å². The molecule has 0 aliphatic carbocycles. The van der Waals surface area contributed by atoms with Gasteiger partial charge in [-0.1, -0.05) is 17.7 Å². The fraction of sp³-hybridized carbons (Fsp3) is 0.423. The summed E-state index contributed by atoms with van der Waals surface area (Å²) in [6, 6.07) is 5.36. The van der Waals surface area contributed by atoms with Gasteiger partial charge in [0.15, 0.2) is 5.82 Å². The molecule has 3 aromatic heterocycles. The number of hydrogen-bond acceptors (Lipinski definition) is 7. The van der Waals surface area contributed by atoms with Crippen LogP contribution in [0.1, 0.15) is 40.1 Å². The Kier molecular flexibility index (Phi) is 7.19. The third-order valence-corrected chi connectivity index (χ3v) is 8.48. The van der Waals surface area contributed by atoms with E-state index in [2.05, 4.69) is 21.6 Å². The Bertz CT molecular complexity index is 1310. The van der Waals surface area contributed by atoms with E-state index in [0.29, 0.717) is 35.1 Å². The Balaban J connectivity index is 1.29. The number of ether oxygens (including phenoxy) is 1. The van der Waals surface area contributed by atoms with Crippen molar-refractivity contribution in [2.24, 2.45) is 4.99 Å². The molecule has 1 fully saturated rings. The lowest BCUT2D eigenvalue weighted by molar-refractivity contribution is -0.182. The van der Waals surface area contributed by atoms with Gasteiger partial charge in [0.05, 0.1) is 10.0 Å². The summed E-state index contributed by atoms with van der Waals surface area (Å²) in [6.07, 6.45) is 8.58. The number of fused-ring (bicyclic) bond motifs is 2. The number of nitrogens with zero attached hydrogens (tertiary/aromatic N) is 6. The number of thiophene rings is 1. The summed E-state index contributed by atoms with van der Waals surface area (Å²) in [5.74, 6) is -2.22. The molecule has 3 aromatic rings. The largest absolute Gasteiger partial charge is 0.375 e. The summed E-state index contributed by atoms with van der Waals surface area (Å²) in [6.45, 7) is 7.69. The lowest BCUT2D eigenvalue weighted by Crippen LogP contribution is -2.48. The smallest absolute Gasteiger partial charge is 0.297 e. The zero-order valence-corrected chi connectivity index (χ0v) is 22.4. The lowest BCUT2D eigenvalue weighted by atomic mass is 9.84. The van der Waals surface area contributed by atoms with Crippen LogP contribution >= 0.6 is 22.9 Å². The van der Waals surface area contributed by atoms with Gasteiger partial charge in [-0.2, -0.15) is 13.9 Å². The van der Waals surface area contributed by atoms with E-state index < -0.39 is 18.1 Å². The zero-order valence-electron chi connectivity index (χ0n) is 20.8. The molecule has 0 radical (unpaired) electrons. The number of hydrogen-bond donors (Lipinski definition) is 0. The molecule has 0 saturated carbocycles. The van der Waals surface area contributed by atoms with Crippen LogP contribution in [-0.4, -0.2) is 58.0 Å². The predicted molar refractivity (Wildman–Crippen MR) is 142 cm³/mol. The van der Waals surface area contributed by atoms with Crippen LogP contribution in [0.2, 0.25) is 4.34 Å². The maximum absolute atomic E-state index is 14.4. The van der Waals surface area contributed by atoms with E-state index >= 15 is 0 Å². The highest BCUT2D eigenvalue weighted by Crippen LogP contribution is 2.52. The molecular weight excluding hydrogens is 518 g/mol. The van der Waals surface area contributed by atoms with Gasteiger partial charge in [-0.3, -0.25) is 9.89 Å². The second kappa shape index (κ2) is 10.2. The van der Waals surface area contributed by atoms with Crippen LogP contribution in [0.5, 0.6) is 0 Å². The molecule has 196 valence electrons. The van der Waals surface area contributed by atoms with E-state index in [-0.39, 0.29) is 5.56 Å². The number of halogens is 3. The molecule has 5 rings (SSSR count). The maximum atomic E-state index is 14.4. The molecule has 2 aliphatic heterocycles. The molecule has 0 amide bonds. The first-order chi connectivity index (χ1) is 17.7. The summed E-state index contributed by atoms with van der Waals surface area (Å²) < 4.78 is 36.9. The van der Waals surface area contributed by atoms with Crippen molar-refractivity contribution >= 4 is 29.7 Å². The van der Waals surface area contributed by atoms with Crippen molar-refractivity contribution in [1.82, 2.24) is 24.6 Å². The Morgan fingerprint density at radius 3 is 2.86 bits per heavy atom. The Morgan fingerprint density at radius 1 is 1.32 bits per heavy atom. The van der Waals surface area contributed by atoms with Gasteiger partial charge in [0, 0.05) is 79.6 Å². The number of rotatable bonds is 7. The first-order valence-corrected chi connectivity index (χ1v) is 13.3. The summed E-state index contributed by atoms with van der Waals surface area (Å²) in [7, 11) is 1.96. The minimum absolute atomic E-state index is 0.0346. The van der Waals surface area contributed by atoms with E-state index in [9.17, 15) is 8.78 Å². The van der Waals surface area contributed by atoms with Gasteiger partial charge in [-0.15, -0.1) is 11.3 Å². The van der Waals surface area contributed by atoms with Crippen molar-refractivity contribution in [1.29, 1.82) is 0 Å². The van der Waals surface area contributed by atoms with Crippen molar-refractivity contribution in [2.45, 2.75) is 44.4 Å². The van der Waals surface area contributed by atoms with Gasteiger partial charge in [0.1, 0.15) is 12.2 Å². The minimum atomic E-state index is -3.00. The average Bonchev–Trinajstić information content (AvgIpc) is 3.46. The molecule has 37 heavy (non-hydrogen) atoms. The van der Waals surface area contributed by atoms with Crippen LogP contribution in [-0.2, 0) is 29.3 Å². The number of aryl methyl sites for hydroxylation is 1. The van der Waals surface area contributed by atoms with Gasteiger partial charge in [0.2, 0.25) is 0 Å². The summed E-state index contributed by atoms with van der Waals surface area (Å²) in [4.78, 5) is 13.3. The van der Waals surface area contributed by atoms with Gasteiger partial charge < -0.3 is 9.64 Å². The fourth-order valence-electron chi connectivity index (χ4n) is 5.03. The summed E-state index contributed by atoms with van der Waals surface area (Å²) >= 11 is 7.36. The number of piperidine rings is 1. The average molecular weight is 547 g/mol. The van der Waals surface area contributed by atoms with Crippen molar-refractivity contribution < 1.29 is 13.5 Å². The van der Waals surface area contributed by atoms with Crippen LogP contribution in [0.15, 0.2) is 48.0 Å². The topological polar surface area (TPSA) is 58.8 Å². The van der Waals surface area contributed by atoms with Crippen LogP contribution in [0.4, 0.5) is 8.78 Å². The Hall–Kier alpha value is -2.66. The third kappa shape index (κ3) is 5.20. The first kappa shape index (κ1) is 26.0. The first-order valence-electron chi connectivity index (χ1n) is 12.1. The number of likely N-dealkylation sites (tertiary alicyclic amines) is 1. The zero-order chi connectivity index (χ0) is 26.2. The lowest BCUT2D eigenvalue weighted by Gasteiger charge is -2.45. The van der Waals surface area contributed by atoms with Gasteiger partial charge in [-0.05, 0) is 38.6 Å². The van der Waals surface area contributed by atoms with E-state index in [4.69, 9.17) is 21.4 Å². The van der Waals surface area contributed by atoms with Crippen molar-refractivity contribution in [3.05, 3.63) is 74.6 Å². The molecule has 2 aliphatic rings. The second-order valence-corrected chi connectivity index (χ2v) is 11.3. The molecule has 11 heteroatoms. The molecule has 5 heterocycles. The van der Waals surface area contributed by atoms with Gasteiger partial charge in [-0.25, -0.2) is 9.67 Å². The van der Waals surface area contributed by atoms with Crippen LogP contribution in [0.25, 0.3) is 5.82 Å². The summed E-state index contributed by atoms with van der Waals surface area (Å²) in [5.41, 5.74) is 2.42. The molecule has 0 N–H and O–H groups in total. The van der Waals surface area contributed by atoms with E-state index in [1.54, 1.807) is 12.4 Å². The molecule has 0 unspecified atom stereocenters. The molecule has 7 nitrogen and oxygen atoms in total. The normalized spacial score (nSPS) is 18.8. The minimum Gasteiger partial charge on any atom is -0.375 e. The maximum Gasteiger partial charge on any atom is 0.297 e. The van der Waals surface area contributed by atoms with Crippen LogP contribution in [0, 0.1) is 6.92 Å². The van der Waals surface area contributed by atoms with Crippen LogP contribution < -0.4 is 0 Å². The number of alkyl halides is 2. The SMILES string of the molecule is C=N/C=C\N(C)Cc1cccnc1-n1cc(CN2CCC3(CC2)OCC(F)(F)c2cc(Cl)sc23)c(C)n1. The fourth-order valence-corrected chi connectivity index (χ4v) is 6.51. The molecule has 0 aromatic carbocycles. The molecular formula is C26H29ClF2N6OS. The quantitative estimate of drug-likeness (QED) is 0.366. The van der Waals surface area contributed by atoms with Crippen molar-refractivity contribution in [3.8, 4) is 5.82 Å². The predicted octanol–water partition coefficient (Wildman–Crippen LogP) is 5.51. The standard InChI is InChI=1S/C26H29ClF2N6OS/c1-18-20(16-35(32-18)24-19(5-4-8-31-24)14-33(3)12-9-30-2)15-34-10-6-25(7-11-34)23-21(13-22(27)37-23)26(28,29)17-36-25/h4-5,8-9,12-13,16H,2,6-7,10-11,14-15,17H2,1,3H3/b12-9-. The molecule has 0 atom stereocenters. The summed E-state index contributed by atoms with van der Waals surface area (Å²) in [5, 5.41) is 4.75. The van der Waals surface area contributed by atoms with Crippen molar-refractivity contribution in [3.63, 3.8) is 0 Å². The van der Waals surface area contributed by atoms with Crippen molar-refractivity contribution in [2.75, 3.05) is 26.7 Å².